The molecule has 2 fully saturated rings. The molecule has 104 valence electrons. The molecule has 2 atom stereocenters. The topological polar surface area (TPSA) is 61.5 Å². The molecule has 1 aliphatic carbocycles. The molecule has 0 amide bonds. The van der Waals surface area contributed by atoms with Crippen molar-refractivity contribution in [1.82, 2.24) is 0 Å². The summed E-state index contributed by atoms with van der Waals surface area (Å²) in [5.41, 5.74) is 5.98. The van der Waals surface area contributed by atoms with Gasteiger partial charge in [-0.25, -0.2) is 0 Å². The van der Waals surface area contributed by atoms with Gasteiger partial charge in [0.25, 0.3) is 0 Å². The minimum absolute atomic E-state index is 0.171. The molecule has 1 saturated carbocycles. The van der Waals surface area contributed by atoms with Gasteiger partial charge >= 0.3 is 5.97 Å². The standard InChI is InChI=1S/C13H23NO3S/c1-2-16-12(15)11(14)9-18-10-4-7-17-13(8-10)5-3-6-13/h10-11H,2-9,14H2,1H3. The van der Waals surface area contributed by atoms with Crippen molar-refractivity contribution >= 4 is 17.7 Å². The highest BCUT2D eigenvalue weighted by molar-refractivity contribution is 8.00. The van der Waals surface area contributed by atoms with Gasteiger partial charge in [0.1, 0.15) is 6.04 Å². The maximum Gasteiger partial charge on any atom is 0.323 e. The smallest absolute Gasteiger partial charge is 0.323 e. The Bertz CT molecular complexity index is 294. The zero-order chi connectivity index (χ0) is 13.0. The molecule has 1 aliphatic heterocycles. The van der Waals surface area contributed by atoms with E-state index in [0.717, 1.165) is 19.4 Å². The molecule has 1 spiro atoms. The van der Waals surface area contributed by atoms with Gasteiger partial charge in [0.05, 0.1) is 12.2 Å². The Morgan fingerprint density at radius 1 is 1.61 bits per heavy atom. The normalized spacial score (nSPS) is 27.6. The molecule has 18 heavy (non-hydrogen) atoms. The first-order valence-corrected chi connectivity index (χ1v) is 7.88. The number of thioether (sulfide) groups is 1. The highest BCUT2D eigenvalue weighted by Gasteiger charge is 2.42. The molecular weight excluding hydrogens is 250 g/mol. The molecule has 0 aromatic rings. The summed E-state index contributed by atoms with van der Waals surface area (Å²) in [5.74, 6) is 0.370. The first kappa shape index (κ1) is 14.2. The van der Waals surface area contributed by atoms with E-state index in [-0.39, 0.29) is 11.6 Å². The van der Waals surface area contributed by atoms with E-state index < -0.39 is 6.04 Å². The number of hydrogen-bond donors (Lipinski definition) is 1. The Hall–Kier alpha value is -0.260. The average molecular weight is 273 g/mol. The van der Waals surface area contributed by atoms with Gasteiger partial charge in [0.15, 0.2) is 0 Å². The number of nitrogens with two attached hydrogens (primary N) is 1. The molecule has 2 N–H and O–H groups in total. The third-order valence-electron chi connectivity index (χ3n) is 3.81. The SMILES string of the molecule is CCOC(=O)C(N)CSC1CCOC2(CCC2)C1. The number of hydrogen-bond acceptors (Lipinski definition) is 5. The summed E-state index contributed by atoms with van der Waals surface area (Å²) >= 11 is 1.81. The second-order valence-corrected chi connectivity index (χ2v) is 6.53. The van der Waals surface area contributed by atoms with Crippen molar-refractivity contribution in [2.75, 3.05) is 19.0 Å². The molecule has 1 saturated heterocycles. The average Bonchev–Trinajstić information content (AvgIpc) is 2.34. The van der Waals surface area contributed by atoms with Crippen molar-refractivity contribution in [3.63, 3.8) is 0 Å². The maximum atomic E-state index is 11.4. The summed E-state index contributed by atoms with van der Waals surface area (Å²) in [6.07, 6.45) is 5.89. The zero-order valence-electron chi connectivity index (χ0n) is 11.0. The minimum Gasteiger partial charge on any atom is -0.465 e. The van der Waals surface area contributed by atoms with Crippen LogP contribution in [0.15, 0.2) is 0 Å². The number of carbonyl (C=O) groups excluding carboxylic acids is 1. The van der Waals surface area contributed by atoms with Gasteiger partial charge in [0.2, 0.25) is 0 Å². The fourth-order valence-corrected chi connectivity index (χ4v) is 3.90. The molecule has 5 heteroatoms. The summed E-state index contributed by atoms with van der Waals surface area (Å²) in [5, 5.41) is 0.583. The van der Waals surface area contributed by atoms with Gasteiger partial charge in [-0.2, -0.15) is 11.8 Å². The lowest BCUT2D eigenvalue weighted by atomic mass is 9.75. The third kappa shape index (κ3) is 3.39. The van der Waals surface area contributed by atoms with Crippen LogP contribution in [0.3, 0.4) is 0 Å². The lowest BCUT2D eigenvalue weighted by Gasteiger charge is -2.47. The van der Waals surface area contributed by atoms with Gasteiger partial charge in [-0.3, -0.25) is 4.79 Å². The highest BCUT2D eigenvalue weighted by atomic mass is 32.2. The molecular formula is C13H23NO3S. The predicted octanol–water partition coefficient (Wildman–Crippen LogP) is 1.71. The lowest BCUT2D eigenvalue weighted by molar-refractivity contribution is -0.144. The van der Waals surface area contributed by atoms with E-state index in [4.69, 9.17) is 15.2 Å². The van der Waals surface area contributed by atoms with Crippen LogP contribution in [0.25, 0.3) is 0 Å². The van der Waals surface area contributed by atoms with E-state index in [9.17, 15) is 4.79 Å². The van der Waals surface area contributed by atoms with Gasteiger partial charge < -0.3 is 15.2 Å². The Kier molecular flexibility index (Phi) is 4.92. The van der Waals surface area contributed by atoms with Crippen LogP contribution in [-0.4, -0.2) is 41.8 Å². The molecule has 0 aromatic carbocycles. The lowest BCUT2D eigenvalue weighted by Crippen LogP contribution is -2.46. The fourth-order valence-electron chi connectivity index (χ4n) is 2.60. The van der Waals surface area contributed by atoms with E-state index in [1.807, 2.05) is 0 Å². The van der Waals surface area contributed by atoms with Gasteiger partial charge in [-0.05, 0) is 39.0 Å². The first-order chi connectivity index (χ1) is 8.65. The fraction of sp³-hybridized carbons (Fsp3) is 0.923. The highest BCUT2D eigenvalue weighted by Crippen LogP contribution is 2.45. The van der Waals surface area contributed by atoms with E-state index >= 15 is 0 Å². The molecule has 1 heterocycles. The summed E-state index contributed by atoms with van der Waals surface area (Å²) in [7, 11) is 0. The van der Waals surface area contributed by atoms with Crippen molar-refractivity contribution in [3.8, 4) is 0 Å². The molecule has 0 aromatic heterocycles. The minimum atomic E-state index is -0.491. The Morgan fingerprint density at radius 3 is 3.00 bits per heavy atom. The largest absolute Gasteiger partial charge is 0.465 e. The van der Waals surface area contributed by atoms with Gasteiger partial charge in [-0.1, -0.05) is 0 Å². The first-order valence-electron chi connectivity index (χ1n) is 6.83. The Morgan fingerprint density at radius 2 is 2.39 bits per heavy atom. The van der Waals surface area contributed by atoms with Crippen LogP contribution in [0.1, 0.15) is 39.0 Å². The molecule has 0 bridgehead atoms. The van der Waals surface area contributed by atoms with Crippen LogP contribution in [0.5, 0.6) is 0 Å². The third-order valence-corrected chi connectivity index (χ3v) is 5.24. The Labute approximate surface area is 113 Å². The number of ether oxygens (including phenoxy) is 2. The van der Waals surface area contributed by atoms with E-state index in [0.29, 0.717) is 17.6 Å². The van der Waals surface area contributed by atoms with Crippen molar-refractivity contribution < 1.29 is 14.3 Å². The summed E-state index contributed by atoms with van der Waals surface area (Å²) in [6, 6.07) is -0.491. The molecule has 0 radical (unpaired) electrons. The predicted molar refractivity (Wildman–Crippen MR) is 72.6 cm³/mol. The van der Waals surface area contributed by atoms with Crippen LogP contribution in [-0.2, 0) is 14.3 Å². The van der Waals surface area contributed by atoms with E-state index in [2.05, 4.69) is 0 Å². The number of esters is 1. The summed E-state index contributed by atoms with van der Waals surface area (Å²) in [4.78, 5) is 11.4. The van der Waals surface area contributed by atoms with Gasteiger partial charge in [0, 0.05) is 17.6 Å². The second kappa shape index (κ2) is 6.26. The number of carbonyl (C=O) groups is 1. The monoisotopic (exact) mass is 273 g/mol. The van der Waals surface area contributed by atoms with Crippen molar-refractivity contribution in [2.24, 2.45) is 5.73 Å². The zero-order valence-corrected chi connectivity index (χ0v) is 11.8. The number of rotatable bonds is 5. The van der Waals surface area contributed by atoms with E-state index in [1.165, 1.54) is 19.3 Å². The van der Waals surface area contributed by atoms with Gasteiger partial charge in [-0.15, -0.1) is 0 Å². The molecule has 2 rings (SSSR count). The van der Waals surface area contributed by atoms with Crippen molar-refractivity contribution in [2.45, 2.75) is 55.9 Å². The quantitative estimate of drug-likeness (QED) is 0.773. The molecule has 2 aliphatic rings. The van der Waals surface area contributed by atoms with Crippen LogP contribution in [0.2, 0.25) is 0 Å². The Balaban J connectivity index is 1.71. The molecule has 2 unspecified atom stereocenters. The summed E-state index contributed by atoms with van der Waals surface area (Å²) < 4.78 is 10.8. The van der Waals surface area contributed by atoms with Crippen LogP contribution in [0.4, 0.5) is 0 Å². The maximum absolute atomic E-state index is 11.4. The van der Waals surface area contributed by atoms with Crippen LogP contribution in [0, 0.1) is 0 Å². The van der Waals surface area contributed by atoms with Crippen LogP contribution < -0.4 is 5.73 Å². The van der Waals surface area contributed by atoms with Crippen molar-refractivity contribution in [1.29, 1.82) is 0 Å². The van der Waals surface area contributed by atoms with E-state index in [1.54, 1.807) is 18.7 Å². The van der Waals surface area contributed by atoms with Crippen LogP contribution >= 0.6 is 11.8 Å². The van der Waals surface area contributed by atoms with Crippen molar-refractivity contribution in [3.05, 3.63) is 0 Å². The summed E-state index contributed by atoms with van der Waals surface area (Å²) in [6.45, 7) is 3.06. The molecule has 4 nitrogen and oxygen atoms in total. The second-order valence-electron chi connectivity index (χ2n) is 5.19.